The molecule has 0 aromatic heterocycles. The second kappa shape index (κ2) is 2.94. The van der Waals surface area contributed by atoms with E-state index in [0.29, 0.717) is 0 Å². The van der Waals surface area contributed by atoms with Gasteiger partial charge in [-0.05, 0) is 0 Å². The van der Waals surface area contributed by atoms with Crippen molar-refractivity contribution in [2.75, 3.05) is 0 Å². The Morgan fingerprint density at radius 2 is 2.17 bits per heavy atom. The maximum absolute atomic E-state index is 10.8. The topological polar surface area (TPSA) is 99.1 Å². The minimum absolute atomic E-state index is 0.549. The van der Waals surface area contributed by atoms with Crippen LogP contribution < -0.4 is 10.0 Å². The van der Waals surface area contributed by atoms with Crippen molar-refractivity contribution in [3.63, 3.8) is 0 Å². The molecule has 1 aliphatic heterocycles. The summed E-state index contributed by atoms with van der Waals surface area (Å²) in [6, 6.07) is 0. The van der Waals surface area contributed by atoms with Crippen molar-refractivity contribution in [1.29, 1.82) is 5.41 Å². The zero-order valence-electron chi connectivity index (χ0n) is 5.75. The zero-order valence-corrected chi connectivity index (χ0v) is 6.64. The molecule has 0 aromatic rings. The molecule has 3 amide bonds. The summed E-state index contributed by atoms with van der Waals surface area (Å²) in [7, 11) is 0. The van der Waals surface area contributed by atoms with Gasteiger partial charge in [-0.25, -0.2) is 0 Å². The summed E-state index contributed by atoms with van der Waals surface area (Å²) >= 11 is 3.41. The average molecular weight is 187 g/mol. The van der Waals surface area contributed by atoms with Gasteiger partial charge in [-0.15, -0.1) is 0 Å². The van der Waals surface area contributed by atoms with E-state index in [1.54, 1.807) is 0 Å². The summed E-state index contributed by atoms with van der Waals surface area (Å²) in [6.45, 7) is 0. The third-order valence-electron chi connectivity index (χ3n) is 1.40. The van der Waals surface area contributed by atoms with Gasteiger partial charge in [0.2, 0.25) is 11.8 Å². The standard InChI is InChI=1S/C5H5N3O3S/c6-2-1(4(10)8-12)3(9)7-5(2)11/h1,6,12H,(H,8,10)(H,7,9,11). The highest BCUT2D eigenvalue weighted by Crippen LogP contribution is 2.07. The zero-order chi connectivity index (χ0) is 9.30. The molecule has 12 heavy (non-hydrogen) atoms. The van der Waals surface area contributed by atoms with Gasteiger partial charge in [-0.3, -0.25) is 25.1 Å². The molecular formula is C5H5N3O3S. The number of amides is 3. The Labute approximate surface area is 72.8 Å². The Morgan fingerprint density at radius 3 is 2.50 bits per heavy atom. The molecule has 1 saturated heterocycles. The Hall–Kier alpha value is -1.37. The molecule has 1 rings (SSSR count). The minimum Gasteiger partial charge on any atom is -0.302 e. The molecule has 0 saturated carbocycles. The van der Waals surface area contributed by atoms with Crippen LogP contribution >= 0.6 is 12.8 Å². The van der Waals surface area contributed by atoms with Gasteiger partial charge in [0.25, 0.3) is 5.91 Å². The number of carbonyl (C=O) groups is 3. The maximum Gasteiger partial charge on any atom is 0.272 e. The molecule has 1 aliphatic rings. The molecule has 6 nitrogen and oxygen atoms in total. The Morgan fingerprint density at radius 1 is 1.58 bits per heavy atom. The van der Waals surface area contributed by atoms with Gasteiger partial charge in [-0.1, -0.05) is 12.8 Å². The predicted molar refractivity (Wildman–Crippen MR) is 41.5 cm³/mol. The molecule has 3 N–H and O–H groups in total. The predicted octanol–water partition coefficient (Wildman–Crippen LogP) is -1.76. The van der Waals surface area contributed by atoms with Crippen molar-refractivity contribution in [2.45, 2.75) is 0 Å². The highest BCUT2D eigenvalue weighted by molar-refractivity contribution is 7.78. The SMILES string of the molecule is N=C1C(=O)NC(=O)C1C(=O)NS. The van der Waals surface area contributed by atoms with Crippen molar-refractivity contribution in [2.24, 2.45) is 5.92 Å². The van der Waals surface area contributed by atoms with Crippen molar-refractivity contribution in [3.8, 4) is 0 Å². The monoisotopic (exact) mass is 187 g/mol. The minimum atomic E-state index is -1.35. The average Bonchev–Trinajstić information content (AvgIpc) is 2.26. The lowest BCUT2D eigenvalue weighted by Gasteiger charge is -2.01. The van der Waals surface area contributed by atoms with E-state index >= 15 is 0 Å². The molecule has 1 heterocycles. The molecule has 1 unspecified atom stereocenters. The van der Waals surface area contributed by atoms with Crippen LogP contribution in [0.1, 0.15) is 0 Å². The van der Waals surface area contributed by atoms with Gasteiger partial charge in [0.05, 0.1) is 0 Å². The lowest BCUT2D eigenvalue weighted by Crippen LogP contribution is -2.33. The van der Waals surface area contributed by atoms with Crippen LogP contribution in [0.15, 0.2) is 0 Å². The molecule has 7 heteroatoms. The third-order valence-corrected chi connectivity index (χ3v) is 1.62. The number of rotatable bonds is 1. The second-order valence-corrected chi connectivity index (χ2v) is 2.36. The van der Waals surface area contributed by atoms with Crippen molar-refractivity contribution in [1.82, 2.24) is 10.0 Å². The molecule has 0 spiro atoms. The first kappa shape index (κ1) is 8.72. The van der Waals surface area contributed by atoms with Crippen molar-refractivity contribution < 1.29 is 14.4 Å². The molecule has 1 fully saturated rings. The van der Waals surface area contributed by atoms with E-state index in [1.807, 2.05) is 10.0 Å². The van der Waals surface area contributed by atoms with Crippen LogP contribution in [0.25, 0.3) is 0 Å². The summed E-state index contributed by atoms with van der Waals surface area (Å²) in [4.78, 5) is 32.3. The lowest BCUT2D eigenvalue weighted by atomic mass is 10.1. The number of carbonyl (C=O) groups excluding carboxylic acids is 3. The number of hydrogen-bond acceptors (Lipinski definition) is 5. The van der Waals surface area contributed by atoms with Gasteiger partial charge in [-0.2, -0.15) is 0 Å². The van der Waals surface area contributed by atoms with Crippen LogP contribution in [0.5, 0.6) is 0 Å². The third kappa shape index (κ3) is 1.18. The number of hydrogen-bond donors (Lipinski definition) is 4. The first-order chi connectivity index (χ1) is 5.57. The van der Waals surface area contributed by atoms with E-state index in [1.165, 1.54) is 0 Å². The van der Waals surface area contributed by atoms with E-state index in [4.69, 9.17) is 5.41 Å². The Bertz CT molecular complexity index is 288. The largest absolute Gasteiger partial charge is 0.302 e. The summed E-state index contributed by atoms with van der Waals surface area (Å²) in [5.74, 6) is -3.74. The maximum atomic E-state index is 10.8. The van der Waals surface area contributed by atoms with E-state index in [-0.39, 0.29) is 0 Å². The smallest absolute Gasteiger partial charge is 0.272 e. The van der Waals surface area contributed by atoms with E-state index in [9.17, 15) is 14.4 Å². The number of imide groups is 1. The van der Waals surface area contributed by atoms with E-state index in [2.05, 4.69) is 12.8 Å². The molecule has 64 valence electrons. The Balaban J connectivity index is 2.91. The summed E-state index contributed by atoms with van der Waals surface area (Å²) < 4.78 is 1.89. The number of thiol groups is 1. The fraction of sp³-hybridized carbons (Fsp3) is 0.200. The number of nitrogens with one attached hydrogen (secondary N) is 3. The van der Waals surface area contributed by atoms with Crippen LogP contribution in [0.3, 0.4) is 0 Å². The molecule has 1 atom stereocenters. The fourth-order valence-corrected chi connectivity index (χ4v) is 0.957. The summed E-state index contributed by atoms with van der Waals surface area (Å²) in [5.41, 5.74) is -0.549. The highest BCUT2D eigenvalue weighted by Gasteiger charge is 2.41. The van der Waals surface area contributed by atoms with Crippen LogP contribution in [0.4, 0.5) is 0 Å². The second-order valence-electron chi connectivity index (χ2n) is 2.14. The first-order valence-corrected chi connectivity index (χ1v) is 3.40. The van der Waals surface area contributed by atoms with Gasteiger partial charge < -0.3 is 4.72 Å². The summed E-state index contributed by atoms with van der Waals surface area (Å²) in [6.07, 6.45) is 0. The van der Waals surface area contributed by atoms with Gasteiger partial charge in [0.1, 0.15) is 5.71 Å². The highest BCUT2D eigenvalue weighted by atomic mass is 32.1. The molecule has 0 radical (unpaired) electrons. The fourth-order valence-electron chi connectivity index (χ4n) is 0.828. The van der Waals surface area contributed by atoms with Crippen molar-refractivity contribution in [3.05, 3.63) is 0 Å². The quantitative estimate of drug-likeness (QED) is 0.222. The van der Waals surface area contributed by atoms with E-state index in [0.717, 1.165) is 0 Å². The van der Waals surface area contributed by atoms with Crippen LogP contribution in [-0.4, -0.2) is 23.4 Å². The Kier molecular flexibility index (Phi) is 2.13. The molecular weight excluding hydrogens is 182 g/mol. The first-order valence-electron chi connectivity index (χ1n) is 2.95. The molecule has 0 aromatic carbocycles. The van der Waals surface area contributed by atoms with E-state index < -0.39 is 29.4 Å². The van der Waals surface area contributed by atoms with Crippen molar-refractivity contribution >= 4 is 36.2 Å². The van der Waals surface area contributed by atoms with Gasteiger partial charge in [0.15, 0.2) is 5.92 Å². The lowest BCUT2D eigenvalue weighted by molar-refractivity contribution is -0.130. The summed E-state index contributed by atoms with van der Waals surface area (Å²) in [5, 5.41) is 8.88. The molecule has 0 aliphatic carbocycles. The van der Waals surface area contributed by atoms with Crippen LogP contribution in [0, 0.1) is 11.3 Å². The van der Waals surface area contributed by atoms with Gasteiger partial charge in [0, 0.05) is 0 Å². The van der Waals surface area contributed by atoms with Gasteiger partial charge >= 0.3 is 0 Å². The molecule has 0 bridgehead atoms. The normalized spacial score (nSPS) is 22.4. The van der Waals surface area contributed by atoms with Crippen LogP contribution in [-0.2, 0) is 14.4 Å². The van der Waals surface area contributed by atoms with Crippen LogP contribution in [0.2, 0.25) is 0 Å².